The number of hydrogen-bond donors (Lipinski definition) is 2. The number of carbonyl (C=O) groups excluding carboxylic acids is 1. The van der Waals surface area contributed by atoms with Gasteiger partial charge in [-0.1, -0.05) is 41.4 Å². The smallest absolute Gasteiger partial charge is 0.333 e. The Hall–Kier alpha value is -2.54. The average Bonchev–Trinajstić information content (AvgIpc) is 2.72. The topological polar surface area (TPSA) is 84.9 Å². The second kappa shape index (κ2) is 11.7. The molecule has 0 spiro atoms. The Morgan fingerprint density at radius 1 is 1.13 bits per heavy atom. The number of halogens is 2. The first-order valence-electron chi connectivity index (χ1n) is 9.64. The van der Waals surface area contributed by atoms with Crippen molar-refractivity contribution in [1.82, 2.24) is 5.32 Å². The van der Waals surface area contributed by atoms with E-state index in [0.717, 1.165) is 16.7 Å². The number of rotatable bonds is 10. The first kappa shape index (κ1) is 24.7. The predicted octanol–water partition coefficient (Wildman–Crippen LogP) is 4.75. The highest BCUT2D eigenvalue weighted by Crippen LogP contribution is 2.23. The number of amides is 1. The summed E-state index contributed by atoms with van der Waals surface area (Å²) in [4.78, 5) is 23.7. The number of ether oxygens (including phenoxy) is 2. The van der Waals surface area contributed by atoms with Crippen LogP contribution in [0.25, 0.3) is 6.08 Å². The molecule has 1 unspecified atom stereocenters. The summed E-state index contributed by atoms with van der Waals surface area (Å²) in [5, 5.41) is 13.0. The summed E-state index contributed by atoms with van der Waals surface area (Å²) in [7, 11) is 1.53. The van der Waals surface area contributed by atoms with E-state index in [4.69, 9.17) is 32.7 Å². The highest BCUT2D eigenvalue weighted by atomic mass is 35.5. The molecule has 8 heteroatoms. The Bertz CT molecular complexity index is 959. The summed E-state index contributed by atoms with van der Waals surface area (Å²) in [6.45, 7) is 3.79. The van der Waals surface area contributed by atoms with E-state index in [1.54, 1.807) is 56.3 Å². The molecule has 0 bridgehead atoms. The molecule has 2 rings (SSSR count). The molecule has 0 radical (unpaired) electrons. The van der Waals surface area contributed by atoms with Crippen molar-refractivity contribution in [3.63, 3.8) is 0 Å². The van der Waals surface area contributed by atoms with Crippen molar-refractivity contribution in [2.75, 3.05) is 7.11 Å². The van der Waals surface area contributed by atoms with Crippen molar-refractivity contribution in [3.8, 4) is 5.75 Å². The van der Waals surface area contributed by atoms with E-state index in [-0.39, 0.29) is 25.0 Å². The summed E-state index contributed by atoms with van der Waals surface area (Å²) in [5.74, 6) is -0.731. The molecule has 0 aromatic heterocycles. The van der Waals surface area contributed by atoms with Crippen LogP contribution in [0.2, 0.25) is 10.0 Å². The molecular formula is C23H25Cl2NO5. The van der Waals surface area contributed by atoms with Crippen LogP contribution in [0.5, 0.6) is 5.75 Å². The fourth-order valence-corrected chi connectivity index (χ4v) is 3.17. The van der Waals surface area contributed by atoms with Crippen molar-refractivity contribution in [2.24, 2.45) is 0 Å². The molecule has 6 nitrogen and oxygen atoms in total. The van der Waals surface area contributed by atoms with Gasteiger partial charge in [-0.2, -0.15) is 0 Å². The zero-order valence-electron chi connectivity index (χ0n) is 17.5. The van der Waals surface area contributed by atoms with Crippen molar-refractivity contribution in [1.29, 1.82) is 0 Å². The normalized spacial score (nSPS) is 12.2. The van der Waals surface area contributed by atoms with Crippen molar-refractivity contribution in [2.45, 2.75) is 39.0 Å². The van der Waals surface area contributed by atoms with Gasteiger partial charge in [0.05, 0.1) is 23.3 Å². The molecule has 1 amide bonds. The monoisotopic (exact) mass is 465 g/mol. The molecule has 1 atom stereocenters. The maximum absolute atomic E-state index is 12.2. The Morgan fingerprint density at radius 3 is 2.48 bits per heavy atom. The van der Waals surface area contributed by atoms with Gasteiger partial charge in [0.1, 0.15) is 5.75 Å². The minimum absolute atomic E-state index is 0.204. The summed E-state index contributed by atoms with van der Waals surface area (Å²) in [5.41, 5.74) is 2.24. The molecule has 2 aromatic carbocycles. The van der Waals surface area contributed by atoms with Gasteiger partial charge >= 0.3 is 5.97 Å². The number of nitrogens with one attached hydrogen (secondary N) is 1. The highest BCUT2D eigenvalue weighted by Gasteiger charge is 2.20. The zero-order chi connectivity index (χ0) is 23.0. The van der Waals surface area contributed by atoms with Crippen LogP contribution in [-0.2, 0) is 27.3 Å². The largest absolute Gasteiger partial charge is 0.496 e. The minimum Gasteiger partial charge on any atom is -0.496 e. The zero-order valence-corrected chi connectivity index (χ0v) is 19.0. The van der Waals surface area contributed by atoms with Crippen LogP contribution in [0.15, 0.2) is 42.5 Å². The SMILES string of the molecule is COc1ccc(CC(OC(C)C)C(=O)O)cc1CNC(=O)/C=C/c1ccc(Cl)c(Cl)c1. The lowest BCUT2D eigenvalue weighted by molar-refractivity contribution is -0.153. The van der Waals surface area contributed by atoms with Gasteiger partial charge in [0.15, 0.2) is 6.10 Å². The van der Waals surface area contributed by atoms with Crippen molar-refractivity contribution >= 4 is 41.2 Å². The van der Waals surface area contributed by atoms with E-state index in [0.29, 0.717) is 15.8 Å². The van der Waals surface area contributed by atoms with Crippen LogP contribution >= 0.6 is 23.2 Å². The summed E-state index contributed by atoms with van der Waals surface area (Å²) < 4.78 is 10.8. The van der Waals surface area contributed by atoms with Crippen molar-refractivity contribution in [3.05, 3.63) is 69.2 Å². The van der Waals surface area contributed by atoms with Crippen LogP contribution in [0, 0.1) is 0 Å². The Morgan fingerprint density at radius 2 is 1.87 bits per heavy atom. The molecule has 0 aliphatic heterocycles. The molecule has 0 saturated carbocycles. The second-order valence-corrected chi connectivity index (χ2v) is 7.90. The van der Waals surface area contributed by atoms with Gasteiger partial charge in [0.2, 0.25) is 5.91 Å². The van der Waals surface area contributed by atoms with Crippen LogP contribution in [-0.4, -0.2) is 36.3 Å². The summed E-state index contributed by atoms with van der Waals surface area (Å²) in [6.07, 6.45) is 2.07. The molecule has 0 heterocycles. The predicted molar refractivity (Wildman–Crippen MR) is 122 cm³/mol. The molecule has 166 valence electrons. The molecule has 31 heavy (non-hydrogen) atoms. The average molecular weight is 466 g/mol. The summed E-state index contributed by atoms with van der Waals surface area (Å²) in [6, 6.07) is 10.4. The van der Waals surface area contributed by atoms with Gasteiger partial charge in [0.25, 0.3) is 0 Å². The van der Waals surface area contributed by atoms with E-state index in [2.05, 4.69) is 5.32 Å². The van der Waals surface area contributed by atoms with Crippen molar-refractivity contribution < 1.29 is 24.2 Å². The minimum atomic E-state index is -1.02. The lowest BCUT2D eigenvalue weighted by atomic mass is 10.0. The molecule has 2 N–H and O–H groups in total. The van der Waals surface area contributed by atoms with E-state index >= 15 is 0 Å². The van der Waals surface area contributed by atoms with Gasteiger partial charge in [-0.15, -0.1) is 0 Å². The van der Waals surface area contributed by atoms with E-state index < -0.39 is 12.1 Å². The second-order valence-electron chi connectivity index (χ2n) is 7.09. The fourth-order valence-electron chi connectivity index (χ4n) is 2.86. The number of carbonyl (C=O) groups is 2. The maximum Gasteiger partial charge on any atom is 0.333 e. The Balaban J connectivity index is 2.06. The van der Waals surface area contributed by atoms with Crippen LogP contribution in [0.1, 0.15) is 30.5 Å². The number of benzene rings is 2. The summed E-state index contributed by atoms with van der Waals surface area (Å²) >= 11 is 11.9. The molecular weight excluding hydrogens is 441 g/mol. The number of methoxy groups -OCH3 is 1. The van der Waals surface area contributed by atoms with Crippen LogP contribution in [0.4, 0.5) is 0 Å². The first-order chi connectivity index (χ1) is 14.7. The van der Waals surface area contributed by atoms with Gasteiger partial charge in [-0.05, 0) is 49.2 Å². The van der Waals surface area contributed by atoms with E-state index in [9.17, 15) is 14.7 Å². The number of carboxylic acids is 1. The van der Waals surface area contributed by atoms with Crippen LogP contribution < -0.4 is 10.1 Å². The standard InChI is InChI=1S/C23H25Cl2NO5/c1-14(2)31-21(23(28)29)12-16-5-8-20(30-3)17(10-16)13-26-22(27)9-6-15-4-7-18(24)19(25)11-15/h4-11,14,21H,12-13H2,1-3H3,(H,26,27)(H,28,29)/b9-6+. The first-order valence-corrected chi connectivity index (χ1v) is 10.4. The van der Waals surface area contributed by atoms with Gasteiger partial charge in [-0.25, -0.2) is 4.79 Å². The number of aliphatic carboxylic acids is 1. The maximum atomic E-state index is 12.2. The third kappa shape index (κ3) is 7.90. The van der Waals surface area contributed by atoms with Gasteiger partial charge in [-0.3, -0.25) is 4.79 Å². The number of carboxylic acid groups (broad SMARTS) is 1. The highest BCUT2D eigenvalue weighted by molar-refractivity contribution is 6.42. The molecule has 0 aliphatic carbocycles. The molecule has 0 fully saturated rings. The lowest BCUT2D eigenvalue weighted by Crippen LogP contribution is -2.29. The fraction of sp³-hybridized carbons (Fsp3) is 0.304. The number of hydrogen-bond acceptors (Lipinski definition) is 4. The molecule has 0 aliphatic rings. The lowest BCUT2D eigenvalue weighted by Gasteiger charge is -2.17. The van der Waals surface area contributed by atoms with Crippen LogP contribution in [0.3, 0.4) is 0 Å². The van der Waals surface area contributed by atoms with E-state index in [1.165, 1.54) is 13.2 Å². The van der Waals surface area contributed by atoms with E-state index in [1.807, 2.05) is 0 Å². The quantitative estimate of drug-likeness (QED) is 0.494. The molecule has 2 aromatic rings. The Kier molecular flexibility index (Phi) is 9.37. The Labute approximate surface area is 191 Å². The third-order valence-electron chi connectivity index (χ3n) is 4.30. The van der Waals surface area contributed by atoms with Gasteiger partial charge < -0.3 is 19.9 Å². The molecule has 0 saturated heterocycles. The third-order valence-corrected chi connectivity index (χ3v) is 5.04. The van der Waals surface area contributed by atoms with Gasteiger partial charge in [0, 0.05) is 24.6 Å².